The number of hydrogen-bond donors (Lipinski definition) is 2. The molecular formula is C17H17BrClFN2O2. The Balaban J connectivity index is 2.07. The van der Waals surface area contributed by atoms with Gasteiger partial charge in [-0.05, 0) is 59.6 Å². The zero-order valence-corrected chi connectivity index (χ0v) is 15.6. The SMILES string of the molecule is CCOc1c(Br)cc(Cl)cc1NCC(=O)Nc1cc(F)ccc1C. The lowest BCUT2D eigenvalue weighted by atomic mass is 10.2. The summed E-state index contributed by atoms with van der Waals surface area (Å²) in [4.78, 5) is 12.1. The second kappa shape index (κ2) is 8.35. The van der Waals surface area contributed by atoms with Gasteiger partial charge < -0.3 is 15.4 Å². The molecule has 4 nitrogen and oxygen atoms in total. The first-order chi connectivity index (χ1) is 11.4. The maximum absolute atomic E-state index is 13.3. The number of ether oxygens (including phenoxy) is 1. The molecular weight excluding hydrogens is 399 g/mol. The number of benzene rings is 2. The number of anilines is 2. The molecule has 0 spiro atoms. The van der Waals surface area contributed by atoms with Gasteiger partial charge in [-0.15, -0.1) is 0 Å². The van der Waals surface area contributed by atoms with Crippen LogP contribution in [0.15, 0.2) is 34.8 Å². The number of carbonyl (C=O) groups excluding carboxylic acids is 1. The number of hydrogen-bond acceptors (Lipinski definition) is 3. The zero-order chi connectivity index (χ0) is 17.7. The van der Waals surface area contributed by atoms with E-state index in [1.165, 1.54) is 12.1 Å². The van der Waals surface area contributed by atoms with Gasteiger partial charge in [-0.25, -0.2) is 4.39 Å². The highest BCUT2D eigenvalue weighted by Crippen LogP contribution is 2.36. The van der Waals surface area contributed by atoms with Crippen molar-refractivity contribution in [3.63, 3.8) is 0 Å². The van der Waals surface area contributed by atoms with Crippen molar-refractivity contribution in [2.75, 3.05) is 23.8 Å². The van der Waals surface area contributed by atoms with Crippen molar-refractivity contribution in [2.24, 2.45) is 0 Å². The summed E-state index contributed by atoms with van der Waals surface area (Å²) in [5.74, 6) is -0.125. The molecule has 0 aromatic heterocycles. The Hall–Kier alpha value is -1.79. The van der Waals surface area contributed by atoms with E-state index in [2.05, 4.69) is 26.6 Å². The van der Waals surface area contributed by atoms with Crippen molar-refractivity contribution in [1.29, 1.82) is 0 Å². The maximum Gasteiger partial charge on any atom is 0.243 e. The molecule has 0 bridgehead atoms. The molecule has 24 heavy (non-hydrogen) atoms. The number of aryl methyl sites for hydroxylation is 1. The van der Waals surface area contributed by atoms with Crippen LogP contribution in [0.25, 0.3) is 0 Å². The second-order valence-electron chi connectivity index (χ2n) is 5.06. The lowest BCUT2D eigenvalue weighted by Crippen LogP contribution is -2.22. The normalized spacial score (nSPS) is 10.4. The first-order valence-corrected chi connectivity index (χ1v) is 8.49. The number of rotatable bonds is 6. The van der Waals surface area contributed by atoms with Gasteiger partial charge in [-0.3, -0.25) is 4.79 Å². The van der Waals surface area contributed by atoms with Crippen LogP contribution in [0.1, 0.15) is 12.5 Å². The molecule has 0 atom stereocenters. The van der Waals surface area contributed by atoms with Crippen molar-refractivity contribution in [2.45, 2.75) is 13.8 Å². The van der Waals surface area contributed by atoms with Crippen LogP contribution in [0.2, 0.25) is 5.02 Å². The Morgan fingerprint density at radius 3 is 2.75 bits per heavy atom. The average Bonchev–Trinajstić information content (AvgIpc) is 2.52. The molecule has 0 aliphatic heterocycles. The quantitative estimate of drug-likeness (QED) is 0.698. The smallest absolute Gasteiger partial charge is 0.243 e. The third kappa shape index (κ3) is 4.85. The molecule has 0 heterocycles. The van der Waals surface area contributed by atoms with Crippen molar-refractivity contribution in [3.8, 4) is 5.75 Å². The van der Waals surface area contributed by atoms with Crippen LogP contribution in [0.3, 0.4) is 0 Å². The van der Waals surface area contributed by atoms with Crippen LogP contribution >= 0.6 is 27.5 Å². The van der Waals surface area contributed by atoms with E-state index in [0.29, 0.717) is 33.2 Å². The maximum atomic E-state index is 13.3. The summed E-state index contributed by atoms with van der Waals surface area (Å²) in [5.41, 5.74) is 1.83. The lowest BCUT2D eigenvalue weighted by Gasteiger charge is -2.15. The third-order valence-corrected chi connectivity index (χ3v) is 4.02. The summed E-state index contributed by atoms with van der Waals surface area (Å²) >= 11 is 9.42. The largest absolute Gasteiger partial charge is 0.491 e. The molecule has 0 radical (unpaired) electrons. The van der Waals surface area contributed by atoms with Crippen molar-refractivity contribution < 1.29 is 13.9 Å². The van der Waals surface area contributed by atoms with Gasteiger partial charge in [0.05, 0.1) is 23.3 Å². The van der Waals surface area contributed by atoms with E-state index >= 15 is 0 Å². The van der Waals surface area contributed by atoms with Crippen LogP contribution in [-0.4, -0.2) is 19.1 Å². The summed E-state index contributed by atoms with van der Waals surface area (Å²) in [6, 6.07) is 7.64. The van der Waals surface area contributed by atoms with Gasteiger partial charge in [0, 0.05) is 10.7 Å². The zero-order valence-electron chi connectivity index (χ0n) is 13.3. The molecule has 0 aliphatic carbocycles. The fourth-order valence-electron chi connectivity index (χ4n) is 2.08. The predicted molar refractivity (Wildman–Crippen MR) is 98.6 cm³/mol. The van der Waals surface area contributed by atoms with Gasteiger partial charge in [-0.1, -0.05) is 17.7 Å². The van der Waals surface area contributed by atoms with Gasteiger partial charge in [0.2, 0.25) is 5.91 Å². The molecule has 128 valence electrons. The Morgan fingerprint density at radius 1 is 1.29 bits per heavy atom. The monoisotopic (exact) mass is 414 g/mol. The van der Waals surface area contributed by atoms with Crippen molar-refractivity contribution in [1.82, 2.24) is 0 Å². The predicted octanol–water partition coefficient (Wildman–Crippen LogP) is 5.00. The Morgan fingerprint density at radius 2 is 2.04 bits per heavy atom. The third-order valence-electron chi connectivity index (χ3n) is 3.21. The number of carbonyl (C=O) groups is 1. The summed E-state index contributed by atoms with van der Waals surface area (Å²) in [5, 5.41) is 6.17. The Bertz CT molecular complexity index is 756. The highest BCUT2D eigenvalue weighted by molar-refractivity contribution is 9.10. The van der Waals surface area contributed by atoms with Gasteiger partial charge in [0.1, 0.15) is 5.82 Å². The number of halogens is 3. The molecule has 0 aliphatic rings. The molecule has 0 saturated carbocycles. The highest BCUT2D eigenvalue weighted by Gasteiger charge is 2.12. The average molecular weight is 416 g/mol. The summed E-state index contributed by atoms with van der Waals surface area (Å²) in [6.07, 6.45) is 0. The van der Waals surface area contributed by atoms with Crippen LogP contribution in [0, 0.1) is 12.7 Å². The Labute approximate surface area is 153 Å². The minimum Gasteiger partial charge on any atom is -0.491 e. The van der Waals surface area contributed by atoms with Gasteiger partial charge in [-0.2, -0.15) is 0 Å². The minimum absolute atomic E-state index is 0.0111. The molecule has 2 aromatic carbocycles. The van der Waals surface area contributed by atoms with Crippen molar-refractivity contribution >= 4 is 44.8 Å². The molecule has 0 unspecified atom stereocenters. The van der Waals surface area contributed by atoms with Crippen LogP contribution in [-0.2, 0) is 4.79 Å². The summed E-state index contributed by atoms with van der Waals surface area (Å²) in [6.45, 7) is 4.13. The van der Waals surface area contributed by atoms with Crippen LogP contribution < -0.4 is 15.4 Å². The molecule has 1 amide bonds. The first kappa shape index (κ1) is 18.5. The van der Waals surface area contributed by atoms with E-state index in [4.69, 9.17) is 16.3 Å². The number of amides is 1. The minimum atomic E-state index is -0.402. The van der Waals surface area contributed by atoms with E-state index < -0.39 is 5.82 Å². The topological polar surface area (TPSA) is 50.4 Å². The molecule has 0 fully saturated rings. The fraction of sp³-hybridized carbons (Fsp3) is 0.235. The molecule has 2 N–H and O–H groups in total. The van der Waals surface area contributed by atoms with E-state index in [9.17, 15) is 9.18 Å². The van der Waals surface area contributed by atoms with E-state index in [1.54, 1.807) is 25.1 Å². The van der Waals surface area contributed by atoms with E-state index in [0.717, 1.165) is 5.56 Å². The Kier molecular flexibility index (Phi) is 6.45. The van der Waals surface area contributed by atoms with Gasteiger partial charge >= 0.3 is 0 Å². The molecule has 2 aromatic rings. The first-order valence-electron chi connectivity index (χ1n) is 7.32. The molecule has 7 heteroatoms. The van der Waals surface area contributed by atoms with Gasteiger partial charge in [0.25, 0.3) is 0 Å². The number of nitrogens with one attached hydrogen (secondary N) is 2. The molecule has 0 saturated heterocycles. The van der Waals surface area contributed by atoms with E-state index in [-0.39, 0.29) is 12.5 Å². The van der Waals surface area contributed by atoms with Crippen LogP contribution in [0.4, 0.5) is 15.8 Å². The van der Waals surface area contributed by atoms with Crippen molar-refractivity contribution in [3.05, 3.63) is 51.2 Å². The highest BCUT2D eigenvalue weighted by atomic mass is 79.9. The second-order valence-corrected chi connectivity index (χ2v) is 6.35. The standard InChI is InChI=1S/C17H17BrClFN2O2/c1-3-24-17-13(18)6-11(19)7-15(17)21-9-16(23)22-14-8-12(20)5-4-10(14)2/h4-8,21H,3,9H2,1-2H3,(H,22,23). The summed E-state index contributed by atoms with van der Waals surface area (Å²) in [7, 11) is 0. The van der Waals surface area contributed by atoms with Crippen LogP contribution in [0.5, 0.6) is 5.75 Å². The molecule has 2 rings (SSSR count). The summed E-state index contributed by atoms with van der Waals surface area (Å²) < 4.78 is 19.5. The lowest BCUT2D eigenvalue weighted by molar-refractivity contribution is -0.114. The van der Waals surface area contributed by atoms with Gasteiger partial charge in [0.15, 0.2) is 5.75 Å². The van der Waals surface area contributed by atoms with E-state index in [1.807, 2.05) is 6.92 Å². The fourth-order valence-corrected chi connectivity index (χ4v) is 3.01.